The third-order valence-electron chi connectivity index (χ3n) is 3.21. The third kappa shape index (κ3) is 4.25. The number of rotatable bonds is 6. The fraction of sp³-hybridized carbons (Fsp3) is 0.357. The van der Waals surface area contributed by atoms with Crippen molar-refractivity contribution in [3.05, 3.63) is 24.3 Å². The van der Waals surface area contributed by atoms with Gasteiger partial charge in [0.25, 0.3) is 0 Å². The fourth-order valence-electron chi connectivity index (χ4n) is 1.94. The lowest BCUT2D eigenvalue weighted by Crippen LogP contribution is -2.33. The molecule has 0 spiro atoms. The fourth-order valence-corrected chi connectivity index (χ4v) is 1.94. The van der Waals surface area contributed by atoms with E-state index in [2.05, 4.69) is 20.8 Å². The molecule has 0 aliphatic carbocycles. The predicted octanol–water partition coefficient (Wildman–Crippen LogP) is 1.30. The standard InChI is InChI=1S/C14H18N6O3/c1-3-20-13(16-17-18-20)10-5-4-6-11(9-10)15-14(23)19(2)8-7-12(21)22/h4-6,9H,3,7-8H2,1-2H3,(H,15,23)(H,21,22). The number of aryl methyl sites for hydroxylation is 1. The monoisotopic (exact) mass is 318 g/mol. The Kier molecular flexibility index (Phi) is 5.23. The van der Waals surface area contributed by atoms with Crippen LogP contribution < -0.4 is 5.32 Å². The van der Waals surface area contributed by atoms with E-state index in [4.69, 9.17) is 5.11 Å². The van der Waals surface area contributed by atoms with Crippen molar-refractivity contribution in [3.63, 3.8) is 0 Å². The summed E-state index contributed by atoms with van der Waals surface area (Å²) in [4.78, 5) is 23.9. The van der Waals surface area contributed by atoms with Gasteiger partial charge in [-0.3, -0.25) is 4.79 Å². The molecule has 1 aromatic carbocycles. The average molecular weight is 318 g/mol. The van der Waals surface area contributed by atoms with E-state index in [1.807, 2.05) is 13.0 Å². The van der Waals surface area contributed by atoms with Crippen molar-refractivity contribution in [1.29, 1.82) is 0 Å². The Morgan fingerprint density at radius 1 is 1.39 bits per heavy atom. The molecule has 0 radical (unpaired) electrons. The van der Waals surface area contributed by atoms with Crippen molar-refractivity contribution < 1.29 is 14.7 Å². The first-order valence-corrected chi connectivity index (χ1v) is 7.11. The van der Waals surface area contributed by atoms with E-state index in [0.29, 0.717) is 18.1 Å². The van der Waals surface area contributed by atoms with Crippen molar-refractivity contribution >= 4 is 17.7 Å². The van der Waals surface area contributed by atoms with Gasteiger partial charge in [0.15, 0.2) is 5.82 Å². The molecule has 0 atom stereocenters. The molecule has 0 aliphatic rings. The van der Waals surface area contributed by atoms with Gasteiger partial charge in [-0.1, -0.05) is 12.1 Å². The number of benzene rings is 1. The molecule has 122 valence electrons. The minimum absolute atomic E-state index is 0.102. The second-order valence-corrected chi connectivity index (χ2v) is 4.89. The molecule has 9 heteroatoms. The number of amides is 2. The number of aromatic nitrogens is 4. The normalized spacial score (nSPS) is 10.3. The summed E-state index contributed by atoms with van der Waals surface area (Å²) in [7, 11) is 1.54. The van der Waals surface area contributed by atoms with Crippen LogP contribution in [0.1, 0.15) is 13.3 Å². The number of carboxylic acids is 1. The van der Waals surface area contributed by atoms with Crippen LogP contribution >= 0.6 is 0 Å². The second-order valence-electron chi connectivity index (χ2n) is 4.89. The van der Waals surface area contributed by atoms with Crippen LogP contribution in [0.3, 0.4) is 0 Å². The van der Waals surface area contributed by atoms with Crippen molar-refractivity contribution in [1.82, 2.24) is 25.1 Å². The zero-order valence-corrected chi connectivity index (χ0v) is 12.9. The number of nitrogens with one attached hydrogen (secondary N) is 1. The van der Waals surface area contributed by atoms with Gasteiger partial charge < -0.3 is 15.3 Å². The zero-order chi connectivity index (χ0) is 16.8. The summed E-state index contributed by atoms with van der Waals surface area (Å²) in [5, 5.41) is 22.9. The Morgan fingerprint density at radius 3 is 2.87 bits per heavy atom. The maximum Gasteiger partial charge on any atom is 0.321 e. The molecule has 0 unspecified atom stereocenters. The van der Waals surface area contributed by atoms with E-state index < -0.39 is 5.97 Å². The molecule has 23 heavy (non-hydrogen) atoms. The van der Waals surface area contributed by atoms with E-state index in [1.165, 1.54) is 4.90 Å². The van der Waals surface area contributed by atoms with Crippen LogP contribution in [-0.2, 0) is 11.3 Å². The Hall–Kier alpha value is -2.97. The molecular weight excluding hydrogens is 300 g/mol. The highest BCUT2D eigenvalue weighted by atomic mass is 16.4. The maximum absolute atomic E-state index is 12.0. The number of carbonyl (C=O) groups excluding carboxylic acids is 1. The Bertz CT molecular complexity index is 699. The number of aliphatic carboxylic acids is 1. The maximum atomic E-state index is 12.0. The first kappa shape index (κ1) is 16.4. The van der Waals surface area contributed by atoms with Crippen molar-refractivity contribution in [3.8, 4) is 11.4 Å². The summed E-state index contributed by atoms with van der Waals surface area (Å²) in [6.07, 6.45) is -0.102. The lowest BCUT2D eigenvalue weighted by Gasteiger charge is -2.17. The first-order chi connectivity index (χ1) is 11.0. The van der Waals surface area contributed by atoms with Crippen LogP contribution in [0.25, 0.3) is 11.4 Å². The van der Waals surface area contributed by atoms with E-state index in [9.17, 15) is 9.59 Å². The van der Waals surface area contributed by atoms with E-state index in [1.54, 1.807) is 29.9 Å². The van der Waals surface area contributed by atoms with Gasteiger partial charge in [-0.15, -0.1) is 5.10 Å². The lowest BCUT2D eigenvalue weighted by molar-refractivity contribution is -0.137. The Labute approximate surface area is 132 Å². The predicted molar refractivity (Wildman–Crippen MR) is 82.8 cm³/mol. The van der Waals surface area contributed by atoms with Gasteiger partial charge in [0.1, 0.15) is 0 Å². The van der Waals surface area contributed by atoms with Crippen LogP contribution in [0.2, 0.25) is 0 Å². The van der Waals surface area contributed by atoms with Gasteiger partial charge in [-0.2, -0.15) is 0 Å². The van der Waals surface area contributed by atoms with Crippen molar-refractivity contribution in [2.45, 2.75) is 19.9 Å². The highest BCUT2D eigenvalue weighted by molar-refractivity contribution is 5.90. The van der Waals surface area contributed by atoms with Crippen molar-refractivity contribution in [2.75, 3.05) is 18.9 Å². The molecule has 2 amide bonds. The molecule has 0 bridgehead atoms. The molecule has 2 aromatic rings. The highest BCUT2D eigenvalue weighted by Gasteiger charge is 2.12. The number of anilines is 1. The lowest BCUT2D eigenvalue weighted by atomic mass is 10.2. The summed E-state index contributed by atoms with van der Waals surface area (Å²) in [5.74, 6) is -0.333. The SMILES string of the molecule is CCn1nnnc1-c1cccc(NC(=O)N(C)CCC(=O)O)c1. The van der Waals surface area contributed by atoms with Crippen LogP contribution in [0, 0.1) is 0 Å². The molecule has 0 fully saturated rings. The summed E-state index contributed by atoms with van der Waals surface area (Å²) in [5.41, 5.74) is 1.36. The molecule has 2 N–H and O–H groups in total. The van der Waals surface area contributed by atoms with Crippen molar-refractivity contribution in [2.24, 2.45) is 0 Å². The minimum Gasteiger partial charge on any atom is -0.481 e. The molecule has 1 aromatic heterocycles. The second kappa shape index (κ2) is 7.34. The van der Waals surface area contributed by atoms with Gasteiger partial charge >= 0.3 is 12.0 Å². The van der Waals surface area contributed by atoms with Crippen LogP contribution in [0.5, 0.6) is 0 Å². The van der Waals surface area contributed by atoms with Crippen LogP contribution in [-0.4, -0.2) is 55.8 Å². The molecule has 0 saturated heterocycles. The average Bonchev–Trinajstić information content (AvgIpc) is 3.01. The van der Waals surface area contributed by atoms with Gasteiger partial charge in [0.05, 0.1) is 6.42 Å². The molecule has 0 aliphatic heterocycles. The first-order valence-electron chi connectivity index (χ1n) is 7.11. The smallest absolute Gasteiger partial charge is 0.321 e. The van der Waals surface area contributed by atoms with Gasteiger partial charge in [-0.05, 0) is 29.5 Å². The summed E-state index contributed by atoms with van der Waals surface area (Å²) in [6, 6.07) is 6.77. The van der Waals surface area contributed by atoms with E-state index in [-0.39, 0.29) is 19.0 Å². The number of tetrazole rings is 1. The topological polar surface area (TPSA) is 113 Å². The Balaban J connectivity index is 2.08. The van der Waals surface area contributed by atoms with Gasteiger partial charge in [-0.25, -0.2) is 9.48 Å². The molecule has 1 heterocycles. The highest BCUT2D eigenvalue weighted by Crippen LogP contribution is 2.20. The quantitative estimate of drug-likeness (QED) is 0.830. The zero-order valence-electron chi connectivity index (χ0n) is 12.9. The Morgan fingerprint density at radius 2 is 2.17 bits per heavy atom. The summed E-state index contributed by atoms with van der Waals surface area (Å²) < 4.78 is 1.65. The molecule has 9 nitrogen and oxygen atoms in total. The molecular formula is C14H18N6O3. The number of nitrogens with zero attached hydrogens (tertiary/aromatic N) is 5. The summed E-state index contributed by atoms with van der Waals surface area (Å²) in [6.45, 7) is 2.70. The largest absolute Gasteiger partial charge is 0.481 e. The number of carbonyl (C=O) groups is 2. The van der Waals surface area contributed by atoms with Crippen LogP contribution in [0.15, 0.2) is 24.3 Å². The van der Waals surface area contributed by atoms with Gasteiger partial charge in [0, 0.05) is 31.4 Å². The minimum atomic E-state index is -0.946. The number of urea groups is 1. The third-order valence-corrected chi connectivity index (χ3v) is 3.21. The molecule has 2 rings (SSSR count). The van der Waals surface area contributed by atoms with E-state index >= 15 is 0 Å². The number of hydrogen-bond donors (Lipinski definition) is 2. The molecule has 0 saturated carbocycles. The van der Waals surface area contributed by atoms with Gasteiger partial charge in [0.2, 0.25) is 0 Å². The van der Waals surface area contributed by atoms with E-state index in [0.717, 1.165) is 5.56 Å². The number of hydrogen-bond acceptors (Lipinski definition) is 5. The van der Waals surface area contributed by atoms with Crippen LogP contribution in [0.4, 0.5) is 10.5 Å². The number of carboxylic acid groups (broad SMARTS) is 1. The summed E-state index contributed by atoms with van der Waals surface area (Å²) >= 11 is 0.